The van der Waals surface area contributed by atoms with Crippen molar-refractivity contribution in [3.63, 3.8) is 0 Å². The number of rotatable bonds is 3. The van der Waals surface area contributed by atoms with Crippen LogP contribution in [-0.2, 0) is 10.2 Å². The summed E-state index contributed by atoms with van der Waals surface area (Å²) in [6.45, 7) is 2.87. The van der Waals surface area contributed by atoms with Gasteiger partial charge in [-0.2, -0.15) is 0 Å². The Morgan fingerprint density at radius 2 is 2.11 bits per heavy atom. The standard InChI is InChI=1S/C15H21NO2/c1-3-15(10-6-7-11-16-14(15)17)12-8-4-5-9-13(12)18-2/h4-5,8-9H,3,6-7,10-11H2,1-2H3,(H,16,17). The maximum Gasteiger partial charge on any atom is 0.230 e. The summed E-state index contributed by atoms with van der Waals surface area (Å²) in [5.74, 6) is 0.961. The minimum absolute atomic E-state index is 0.145. The summed E-state index contributed by atoms with van der Waals surface area (Å²) in [5, 5.41) is 3.04. The summed E-state index contributed by atoms with van der Waals surface area (Å²) in [6, 6.07) is 7.88. The fourth-order valence-corrected chi connectivity index (χ4v) is 2.86. The second kappa shape index (κ2) is 5.42. The molecule has 1 unspecified atom stereocenters. The second-order valence-electron chi connectivity index (χ2n) is 4.85. The summed E-state index contributed by atoms with van der Waals surface area (Å²) in [7, 11) is 1.66. The van der Waals surface area contributed by atoms with E-state index in [1.807, 2.05) is 24.3 Å². The lowest BCUT2D eigenvalue weighted by atomic mass is 9.73. The molecule has 0 bridgehead atoms. The van der Waals surface area contributed by atoms with Crippen LogP contribution in [0.5, 0.6) is 5.75 Å². The van der Waals surface area contributed by atoms with Gasteiger partial charge in [0.15, 0.2) is 0 Å². The molecule has 1 aliphatic rings. The highest BCUT2D eigenvalue weighted by molar-refractivity contribution is 5.89. The van der Waals surface area contributed by atoms with Gasteiger partial charge in [0.1, 0.15) is 5.75 Å². The van der Waals surface area contributed by atoms with E-state index < -0.39 is 5.41 Å². The summed E-state index contributed by atoms with van der Waals surface area (Å²) >= 11 is 0. The van der Waals surface area contributed by atoms with Crippen LogP contribution in [-0.4, -0.2) is 19.6 Å². The SMILES string of the molecule is CCC1(c2ccccc2OC)CCCCNC1=O. The number of hydrogen-bond acceptors (Lipinski definition) is 2. The van der Waals surface area contributed by atoms with Gasteiger partial charge in [-0.05, 0) is 25.3 Å². The number of carbonyl (C=O) groups is 1. The molecule has 1 aromatic carbocycles. The Morgan fingerprint density at radius 3 is 2.83 bits per heavy atom. The average molecular weight is 247 g/mol. The Morgan fingerprint density at radius 1 is 1.33 bits per heavy atom. The molecule has 1 aliphatic heterocycles. The predicted molar refractivity (Wildman–Crippen MR) is 71.8 cm³/mol. The fraction of sp³-hybridized carbons (Fsp3) is 0.533. The van der Waals surface area contributed by atoms with Crippen molar-refractivity contribution in [2.45, 2.75) is 38.0 Å². The topological polar surface area (TPSA) is 38.3 Å². The van der Waals surface area contributed by atoms with Crippen molar-refractivity contribution in [2.75, 3.05) is 13.7 Å². The molecule has 2 rings (SSSR count). The third-order valence-electron chi connectivity index (χ3n) is 3.98. The Bertz CT molecular complexity index is 430. The normalized spacial score (nSPS) is 24.2. The van der Waals surface area contributed by atoms with Crippen LogP contribution in [0.3, 0.4) is 0 Å². The molecule has 0 saturated carbocycles. The van der Waals surface area contributed by atoms with Crippen LogP contribution in [0, 0.1) is 0 Å². The third kappa shape index (κ3) is 2.09. The zero-order valence-corrected chi connectivity index (χ0v) is 11.2. The molecule has 1 atom stereocenters. The maximum atomic E-state index is 12.5. The molecular weight excluding hydrogens is 226 g/mol. The molecular formula is C15H21NO2. The van der Waals surface area contributed by atoms with Gasteiger partial charge in [-0.15, -0.1) is 0 Å². The van der Waals surface area contributed by atoms with Crippen molar-refractivity contribution < 1.29 is 9.53 Å². The summed E-state index contributed by atoms with van der Waals surface area (Å²) in [5.41, 5.74) is 0.595. The molecule has 1 heterocycles. The lowest BCUT2D eigenvalue weighted by Gasteiger charge is -2.31. The molecule has 3 nitrogen and oxygen atoms in total. The molecule has 1 fully saturated rings. The van der Waals surface area contributed by atoms with Gasteiger partial charge >= 0.3 is 0 Å². The van der Waals surface area contributed by atoms with Gasteiger partial charge in [0, 0.05) is 12.1 Å². The van der Waals surface area contributed by atoms with Crippen molar-refractivity contribution in [1.29, 1.82) is 0 Å². The number of nitrogens with one attached hydrogen (secondary N) is 1. The largest absolute Gasteiger partial charge is 0.496 e. The molecule has 0 aliphatic carbocycles. The highest BCUT2D eigenvalue weighted by Crippen LogP contribution is 2.39. The lowest BCUT2D eigenvalue weighted by molar-refractivity contribution is -0.126. The van der Waals surface area contributed by atoms with Crippen molar-refractivity contribution in [3.05, 3.63) is 29.8 Å². The Hall–Kier alpha value is -1.51. The summed E-state index contributed by atoms with van der Waals surface area (Å²) < 4.78 is 5.43. The Kier molecular flexibility index (Phi) is 3.90. The molecule has 1 N–H and O–H groups in total. The fourth-order valence-electron chi connectivity index (χ4n) is 2.86. The number of amides is 1. The number of benzene rings is 1. The van der Waals surface area contributed by atoms with E-state index in [2.05, 4.69) is 12.2 Å². The predicted octanol–water partition coefficient (Wildman–Crippen LogP) is 2.64. The van der Waals surface area contributed by atoms with Gasteiger partial charge in [0.05, 0.1) is 12.5 Å². The smallest absolute Gasteiger partial charge is 0.230 e. The van der Waals surface area contributed by atoms with Crippen molar-refractivity contribution in [1.82, 2.24) is 5.32 Å². The average Bonchev–Trinajstić information content (AvgIpc) is 2.61. The molecule has 18 heavy (non-hydrogen) atoms. The molecule has 1 aromatic rings. The monoisotopic (exact) mass is 247 g/mol. The minimum atomic E-state index is -0.427. The van der Waals surface area contributed by atoms with Crippen LogP contribution < -0.4 is 10.1 Å². The second-order valence-corrected chi connectivity index (χ2v) is 4.85. The van der Waals surface area contributed by atoms with E-state index in [0.717, 1.165) is 43.5 Å². The highest BCUT2D eigenvalue weighted by Gasteiger charge is 2.40. The van der Waals surface area contributed by atoms with Gasteiger partial charge in [0.25, 0.3) is 0 Å². The van der Waals surface area contributed by atoms with Crippen LogP contribution in [0.4, 0.5) is 0 Å². The number of methoxy groups -OCH3 is 1. The third-order valence-corrected chi connectivity index (χ3v) is 3.98. The maximum absolute atomic E-state index is 12.5. The number of ether oxygens (including phenoxy) is 1. The molecule has 0 radical (unpaired) electrons. The van der Waals surface area contributed by atoms with Gasteiger partial charge in [-0.1, -0.05) is 31.5 Å². The molecule has 1 amide bonds. The molecule has 0 aromatic heterocycles. The first-order chi connectivity index (χ1) is 8.74. The van der Waals surface area contributed by atoms with Crippen LogP contribution in [0.15, 0.2) is 24.3 Å². The van der Waals surface area contributed by atoms with E-state index in [0.29, 0.717) is 0 Å². The van der Waals surface area contributed by atoms with E-state index in [4.69, 9.17) is 4.74 Å². The van der Waals surface area contributed by atoms with Gasteiger partial charge in [-0.25, -0.2) is 0 Å². The molecule has 1 saturated heterocycles. The lowest BCUT2D eigenvalue weighted by Crippen LogP contribution is -2.42. The van der Waals surface area contributed by atoms with Gasteiger partial charge < -0.3 is 10.1 Å². The van der Waals surface area contributed by atoms with Crippen molar-refractivity contribution in [2.24, 2.45) is 0 Å². The van der Waals surface area contributed by atoms with Crippen molar-refractivity contribution in [3.8, 4) is 5.75 Å². The number of hydrogen-bond donors (Lipinski definition) is 1. The van der Waals surface area contributed by atoms with E-state index in [1.165, 1.54) is 0 Å². The quantitative estimate of drug-likeness (QED) is 0.891. The first kappa shape index (κ1) is 12.9. The molecule has 0 spiro atoms. The minimum Gasteiger partial charge on any atom is -0.496 e. The zero-order chi connectivity index (χ0) is 13.0. The van der Waals surface area contributed by atoms with E-state index in [1.54, 1.807) is 7.11 Å². The van der Waals surface area contributed by atoms with Crippen LogP contribution in [0.1, 0.15) is 38.2 Å². The zero-order valence-electron chi connectivity index (χ0n) is 11.2. The van der Waals surface area contributed by atoms with Gasteiger partial charge in [-0.3, -0.25) is 4.79 Å². The van der Waals surface area contributed by atoms with Crippen LogP contribution in [0.25, 0.3) is 0 Å². The number of para-hydroxylation sites is 1. The van der Waals surface area contributed by atoms with Crippen molar-refractivity contribution >= 4 is 5.91 Å². The Labute approximate surface area is 109 Å². The highest BCUT2D eigenvalue weighted by atomic mass is 16.5. The summed E-state index contributed by atoms with van der Waals surface area (Å²) in [4.78, 5) is 12.5. The van der Waals surface area contributed by atoms with Gasteiger partial charge in [0.2, 0.25) is 5.91 Å². The Balaban J connectivity index is 2.50. The first-order valence-corrected chi connectivity index (χ1v) is 6.66. The van der Waals surface area contributed by atoms with E-state index in [-0.39, 0.29) is 5.91 Å². The molecule has 98 valence electrons. The van der Waals surface area contributed by atoms with E-state index in [9.17, 15) is 4.79 Å². The first-order valence-electron chi connectivity index (χ1n) is 6.66. The van der Waals surface area contributed by atoms with E-state index >= 15 is 0 Å². The van der Waals surface area contributed by atoms with Crippen LogP contribution in [0.2, 0.25) is 0 Å². The van der Waals surface area contributed by atoms with Crippen LogP contribution >= 0.6 is 0 Å². The molecule has 3 heteroatoms. The summed E-state index contributed by atoms with van der Waals surface area (Å²) in [6.07, 6.45) is 3.84. The number of carbonyl (C=O) groups excluding carboxylic acids is 1.